The van der Waals surface area contributed by atoms with Crippen molar-refractivity contribution in [3.05, 3.63) is 34.9 Å². The zero-order chi connectivity index (χ0) is 14.7. The maximum Gasteiger partial charge on any atom is 0.332 e. The normalized spacial score (nSPS) is 23.3. The van der Waals surface area contributed by atoms with E-state index in [-0.39, 0.29) is 11.9 Å². The third-order valence-electron chi connectivity index (χ3n) is 3.29. The fourth-order valence-electron chi connectivity index (χ4n) is 2.18. The first-order valence-corrected chi connectivity index (χ1v) is 6.79. The molecule has 6 heteroatoms. The molecular formula is C14H16ClNO4. The Morgan fingerprint density at radius 3 is 2.70 bits per heavy atom. The molecule has 0 radical (unpaired) electrons. The molecule has 20 heavy (non-hydrogen) atoms. The average molecular weight is 298 g/mol. The molecule has 108 valence electrons. The number of amides is 1. The number of carbonyl (C=O) groups is 2. The number of aliphatic carboxylic acids is 1. The van der Waals surface area contributed by atoms with Crippen molar-refractivity contribution in [2.45, 2.75) is 38.0 Å². The van der Waals surface area contributed by atoms with Crippen LogP contribution in [0.5, 0.6) is 0 Å². The molecule has 1 heterocycles. The van der Waals surface area contributed by atoms with Gasteiger partial charge < -0.3 is 15.2 Å². The zero-order valence-corrected chi connectivity index (χ0v) is 11.8. The number of carboxylic acid groups (broad SMARTS) is 1. The second kappa shape index (κ2) is 6.24. The molecule has 3 atom stereocenters. The van der Waals surface area contributed by atoms with E-state index in [1.54, 1.807) is 12.1 Å². The number of halogens is 1. The highest BCUT2D eigenvalue weighted by atomic mass is 35.5. The molecule has 1 aromatic rings. The minimum absolute atomic E-state index is 0.214. The van der Waals surface area contributed by atoms with Crippen LogP contribution in [0, 0.1) is 0 Å². The molecule has 0 spiro atoms. The molecular weight excluding hydrogens is 282 g/mol. The van der Waals surface area contributed by atoms with Gasteiger partial charge in [0.2, 0.25) is 5.91 Å². The lowest BCUT2D eigenvalue weighted by molar-refractivity contribution is -0.151. The van der Waals surface area contributed by atoms with Crippen LogP contribution in [0.2, 0.25) is 5.02 Å². The Labute approximate surface area is 121 Å². The van der Waals surface area contributed by atoms with Crippen LogP contribution in [-0.2, 0) is 14.3 Å². The van der Waals surface area contributed by atoms with Gasteiger partial charge in [-0.25, -0.2) is 4.79 Å². The molecule has 1 unspecified atom stereocenters. The fraction of sp³-hybridized carbons (Fsp3) is 0.429. The molecule has 1 aliphatic heterocycles. The Hall–Kier alpha value is -1.59. The van der Waals surface area contributed by atoms with Gasteiger partial charge in [-0.3, -0.25) is 4.79 Å². The van der Waals surface area contributed by atoms with E-state index < -0.39 is 18.2 Å². The largest absolute Gasteiger partial charge is 0.479 e. The van der Waals surface area contributed by atoms with E-state index in [1.807, 2.05) is 19.1 Å². The Balaban J connectivity index is 1.93. The van der Waals surface area contributed by atoms with Crippen LogP contribution in [0.25, 0.3) is 0 Å². The summed E-state index contributed by atoms with van der Waals surface area (Å²) in [5, 5.41) is 12.2. The summed E-state index contributed by atoms with van der Waals surface area (Å²) in [4.78, 5) is 22.8. The summed E-state index contributed by atoms with van der Waals surface area (Å²) in [5.41, 5.74) is 0.888. The zero-order valence-electron chi connectivity index (χ0n) is 11.0. The molecule has 2 rings (SSSR count). The maximum atomic E-state index is 12.0. The van der Waals surface area contributed by atoms with Gasteiger partial charge in [0.05, 0.1) is 6.04 Å². The van der Waals surface area contributed by atoms with Crippen LogP contribution in [0.1, 0.15) is 31.4 Å². The number of benzene rings is 1. The molecule has 1 aromatic carbocycles. The first-order chi connectivity index (χ1) is 9.47. The number of ether oxygens (including phenoxy) is 1. The summed E-state index contributed by atoms with van der Waals surface area (Å²) in [6.07, 6.45) is -0.797. The average Bonchev–Trinajstić information content (AvgIpc) is 2.88. The fourth-order valence-corrected chi connectivity index (χ4v) is 2.38. The number of rotatable bonds is 4. The first-order valence-electron chi connectivity index (χ1n) is 6.41. The van der Waals surface area contributed by atoms with Crippen LogP contribution in [0.4, 0.5) is 0 Å². The summed E-state index contributed by atoms with van der Waals surface area (Å²) < 4.78 is 5.21. The highest BCUT2D eigenvalue weighted by molar-refractivity contribution is 6.30. The van der Waals surface area contributed by atoms with Gasteiger partial charge in [0.25, 0.3) is 0 Å². The number of nitrogens with one attached hydrogen (secondary N) is 1. The summed E-state index contributed by atoms with van der Waals surface area (Å²) >= 11 is 5.90. The topological polar surface area (TPSA) is 75.6 Å². The molecule has 1 amide bonds. The van der Waals surface area contributed by atoms with Gasteiger partial charge in [-0.2, -0.15) is 0 Å². The highest BCUT2D eigenvalue weighted by Crippen LogP contribution is 2.22. The van der Waals surface area contributed by atoms with Crippen molar-refractivity contribution in [2.75, 3.05) is 0 Å². The quantitative estimate of drug-likeness (QED) is 0.893. The molecule has 1 saturated heterocycles. The lowest BCUT2D eigenvalue weighted by atomic mass is 10.1. The van der Waals surface area contributed by atoms with E-state index in [1.165, 1.54) is 0 Å². The second-order valence-electron chi connectivity index (χ2n) is 4.81. The van der Waals surface area contributed by atoms with Crippen molar-refractivity contribution in [3.8, 4) is 0 Å². The number of hydrogen-bond acceptors (Lipinski definition) is 3. The van der Waals surface area contributed by atoms with Crippen LogP contribution in [0.15, 0.2) is 24.3 Å². The number of carboxylic acids is 1. The van der Waals surface area contributed by atoms with E-state index in [2.05, 4.69) is 5.32 Å². The third-order valence-corrected chi connectivity index (χ3v) is 3.53. The second-order valence-corrected chi connectivity index (χ2v) is 5.25. The van der Waals surface area contributed by atoms with Gasteiger partial charge in [0.15, 0.2) is 6.10 Å². The predicted molar refractivity (Wildman–Crippen MR) is 73.5 cm³/mol. The monoisotopic (exact) mass is 297 g/mol. The standard InChI is InChI=1S/C14H16ClNO4/c1-8(9-3-2-4-10(15)7-9)16-13(17)11-5-6-12(20-11)14(18)19/h2-4,7-8,11-12H,5-6H2,1H3,(H,16,17)(H,18,19)/t8?,11-,12+/m0/s1. The molecule has 2 N–H and O–H groups in total. The van der Waals surface area contributed by atoms with E-state index in [4.69, 9.17) is 21.4 Å². The molecule has 0 aromatic heterocycles. The highest BCUT2D eigenvalue weighted by Gasteiger charge is 2.35. The molecule has 5 nitrogen and oxygen atoms in total. The summed E-state index contributed by atoms with van der Waals surface area (Å²) in [6.45, 7) is 1.84. The molecule has 1 fully saturated rings. The van der Waals surface area contributed by atoms with Gasteiger partial charge in [-0.1, -0.05) is 23.7 Å². The van der Waals surface area contributed by atoms with Crippen molar-refractivity contribution >= 4 is 23.5 Å². The molecule has 0 aliphatic carbocycles. The smallest absolute Gasteiger partial charge is 0.332 e. The number of carbonyl (C=O) groups excluding carboxylic acids is 1. The van der Waals surface area contributed by atoms with Gasteiger partial charge in [0.1, 0.15) is 6.10 Å². The Morgan fingerprint density at radius 1 is 1.40 bits per heavy atom. The Bertz CT molecular complexity index is 520. The van der Waals surface area contributed by atoms with Gasteiger partial charge in [-0.15, -0.1) is 0 Å². The Morgan fingerprint density at radius 2 is 2.10 bits per heavy atom. The van der Waals surface area contributed by atoms with E-state index in [0.717, 1.165) is 5.56 Å². The molecule has 0 bridgehead atoms. The Kier molecular flexibility index (Phi) is 4.62. The van der Waals surface area contributed by atoms with Crippen molar-refractivity contribution in [1.82, 2.24) is 5.32 Å². The molecule has 0 saturated carbocycles. The van der Waals surface area contributed by atoms with Crippen molar-refractivity contribution in [2.24, 2.45) is 0 Å². The van der Waals surface area contributed by atoms with Crippen molar-refractivity contribution in [1.29, 1.82) is 0 Å². The minimum Gasteiger partial charge on any atom is -0.479 e. The van der Waals surface area contributed by atoms with Gasteiger partial charge in [-0.05, 0) is 37.5 Å². The van der Waals surface area contributed by atoms with E-state index in [0.29, 0.717) is 17.9 Å². The molecule has 1 aliphatic rings. The number of hydrogen-bond donors (Lipinski definition) is 2. The van der Waals surface area contributed by atoms with Gasteiger partial charge >= 0.3 is 5.97 Å². The van der Waals surface area contributed by atoms with Crippen LogP contribution in [0.3, 0.4) is 0 Å². The van der Waals surface area contributed by atoms with E-state index >= 15 is 0 Å². The minimum atomic E-state index is -1.02. The van der Waals surface area contributed by atoms with Gasteiger partial charge in [0, 0.05) is 5.02 Å². The third kappa shape index (κ3) is 3.49. The summed E-state index contributed by atoms with van der Waals surface area (Å²) in [5.74, 6) is -1.32. The van der Waals surface area contributed by atoms with Crippen molar-refractivity contribution < 1.29 is 19.4 Å². The van der Waals surface area contributed by atoms with E-state index in [9.17, 15) is 9.59 Å². The van der Waals surface area contributed by atoms with Crippen LogP contribution >= 0.6 is 11.6 Å². The van der Waals surface area contributed by atoms with Crippen LogP contribution < -0.4 is 5.32 Å². The summed E-state index contributed by atoms with van der Waals surface area (Å²) in [6, 6.07) is 7.01. The maximum absolute atomic E-state index is 12.0. The first kappa shape index (κ1) is 14.8. The SMILES string of the molecule is CC(NC(=O)[C@@H]1CC[C@H](C(=O)O)O1)c1cccc(Cl)c1. The predicted octanol–water partition coefficient (Wildman–Crippen LogP) is 2.15. The summed E-state index contributed by atoms with van der Waals surface area (Å²) in [7, 11) is 0. The lowest BCUT2D eigenvalue weighted by Crippen LogP contribution is -2.37. The lowest BCUT2D eigenvalue weighted by Gasteiger charge is -2.17. The van der Waals surface area contributed by atoms with Crippen molar-refractivity contribution in [3.63, 3.8) is 0 Å². The van der Waals surface area contributed by atoms with Crippen LogP contribution in [-0.4, -0.2) is 29.2 Å².